The molecule has 2 heterocycles. The minimum atomic E-state index is -0.0642. The Balaban J connectivity index is 1.55. The summed E-state index contributed by atoms with van der Waals surface area (Å²) in [4.78, 5) is 21.4. The van der Waals surface area contributed by atoms with Crippen molar-refractivity contribution >= 4 is 11.7 Å². The molecule has 6 heteroatoms. The highest BCUT2D eigenvalue weighted by Crippen LogP contribution is 2.15. The highest BCUT2D eigenvalue weighted by Gasteiger charge is 2.16. The molecule has 26 heavy (non-hydrogen) atoms. The van der Waals surface area contributed by atoms with Crippen molar-refractivity contribution in [1.82, 2.24) is 15.2 Å². The first-order valence-corrected chi connectivity index (χ1v) is 8.96. The van der Waals surface area contributed by atoms with E-state index in [0.29, 0.717) is 12.1 Å². The predicted octanol–water partition coefficient (Wildman–Crippen LogP) is 1.81. The zero-order chi connectivity index (χ0) is 18.4. The molecule has 0 aliphatic carbocycles. The monoisotopic (exact) mass is 354 g/mol. The van der Waals surface area contributed by atoms with Gasteiger partial charge in [-0.1, -0.05) is 12.1 Å². The predicted molar refractivity (Wildman–Crippen MR) is 103 cm³/mol. The van der Waals surface area contributed by atoms with Crippen LogP contribution in [0.5, 0.6) is 5.75 Å². The van der Waals surface area contributed by atoms with Crippen LogP contribution in [0.2, 0.25) is 0 Å². The van der Waals surface area contributed by atoms with Crippen LogP contribution in [0.15, 0.2) is 42.6 Å². The number of ether oxygens (including phenoxy) is 1. The van der Waals surface area contributed by atoms with Gasteiger partial charge >= 0.3 is 0 Å². The SMILES string of the molecule is COc1cccc(CCNC(=O)c2ccnc(N3CCN(C)CC3)c2)c1. The fourth-order valence-electron chi connectivity index (χ4n) is 3.02. The van der Waals surface area contributed by atoms with Crippen molar-refractivity contribution in [2.45, 2.75) is 6.42 Å². The Labute approximate surface area is 154 Å². The van der Waals surface area contributed by atoms with Crippen molar-refractivity contribution in [3.8, 4) is 5.75 Å². The van der Waals surface area contributed by atoms with E-state index in [2.05, 4.69) is 27.1 Å². The average molecular weight is 354 g/mol. The first kappa shape index (κ1) is 18.2. The summed E-state index contributed by atoms with van der Waals surface area (Å²) in [6, 6.07) is 11.5. The minimum Gasteiger partial charge on any atom is -0.497 e. The molecule has 1 aliphatic rings. The van der Waals surface area contributed by atoms with E-state index < -0.39 is 0 Å². The molecule has 138 valence electrons. The summed E-state index contributed by atoms with van der Waals surface area (Å²) in [5.41, 5.74) is 1.79. The molecule has 1 N–H and O–H groups in total. The zero-order valence-electron chi connectivity index (χ0n) is 15.4. The Hall–Kier alpha value is -2.60. The normalized spacial score (nSPS) is 14.9. The number of hydrogen-bond acceptors (Lipinski definition) is 5. The molecule has 2 aromatic rings. The quantitative estimate of drug-likeness (QED) is 0.857. The Morgan fingerprint density at radius 3 is 2.77 bits per heavy atom. The number of aromatic nitrogens is 1. The maximum absolute atomic E-state index is 12.5. The number of carbonyl (C=O) groups is 1. The van der Waals surface area contributed by atoms with Crippen LogP contribution in [0.4, 0.5) is 5.82 Å². The second-order valence-electron chi connectivity index (χ2n) is 6.55. The number of likely N-dealkylation sites (N-methyl/N-ethyl adjacent to an activating group) is 1. The van der Waals surface area contributed by atoms with Crippen molar-refractivity contribution in [3.05, 3.63) is 53.7 Å². The Morgan fingerprint density at radius 2 is 2.00 bits per heavy atom. The van der Waals surface area contributed by atoms with Crippen LogP contribution in [0.1, 0.15) is 15.9 Å². The van der Waals surface area contributed by atoms with Gasteiger partial charge in [0.05, 0.1) is 7.11 Å². The summed E-state index contributed by atoms with van der Waals surface area (Å²) in [5, 5.41) is 2.99. The number of rotatable bonds is 6. The number of nitrogens with zero attached hydrogens (tertiary/aromatic N) is 3. The number of piperazine rings is 1. The summed E-state index contributed by atoms with van der Waals surface area (Å²) in [6.07, 6.45) is 2.48. The minimum absolute atomic E-state index is 0.0642. The summed E-state index contributed by atoms with van der Waals surface area (Å²) in [6.45, 7) is 4.48. The van der Waals surface area contributed by atoms with Crippen molar-refractivity contribution in [1.29, 1.82) is 0 Å². The van der Waals surface area contributed by atoms with Crippen molar-refractivity contribution in [3.63, 3.8) is 0 Å². The van der Waals surface area contributed by atoms with Gasteiger partial charge < -0.3 is 19.9 Å². The van der Waals surface area contributed by atoms with E-state index in [9.17, 15) is 4.79 Å². The van der Waals surface area contributed by atoms with E-state index in [0.717, 1.165) is 49.7 Å². The van der Waals surface area contributed by atoms with Gasteiger partial charge in [0.2, 0.25) is 0 Å². The van der Waals surface area contributed by atoms with E-state index in [-0.39, 0.29) is 5.91 Å². The van der Waals surface area contributed by atoms with Crippen LogP contribution < -0.4 is 15.0 Å². The van der Waals surface area contributed by atoms with Crippen LogP contribution in [-0.4, -0.2) is 62.7 Å². The maximum Gasteiger partial charge on any atom is 0.251 e. The Morgan fingerprint density at radius 1 is 1.19 bits per heavy atom. The van der Waals surface area contributed by atoms with Crippen LogP contribution in [0.25, 0.3) is 0 Å². The molecule has 0 radical (unpaired) electrons. The van der Waals surface area contributed by atoms with Crippen molar-refractivity contribution < 1.29 is 9.53 Å². The lowest BCUT2D eigenvalue weighted by atomic mass is 10.1. The third kappa shape index (κ3) is 4.73. The highest BCUT2D eigenvalue weighted by molar-refractivity contribution is 5.94. The van der Waals surface area contributed by atoms with Gasteiger partial charge in [0, 0.05) is 44.5 Å². The van der Waals surface area contributed by atoms with Gasteiger partial charge in [0.15, 0.2) is 0 Å². The fourth-order valence-corrected chi connectivity index (χ4v) is 3.02. The summed E-state index contributed by atoms with van der Waals surface area (Å²) >= 11 is 0. The maximum atomic E-state index is 12.5. The molecule has 1 amide bonds. The molecule has 0 bridgehead atoms. The standard InChI is InChI=1S/C20H26N4O2/c1-23-10-12-24(13-11-23)19-15-17(7-9-21-19)20(25)22-8-6-16-4-3-5-18(14-16)26-2/h3-5,7,9,14-15H,6,8,10-13H2,1-2H3,(H,22,25). The van der Waals surface area contributed by atoms with Gasteiger partial charge in [-0.15, -0.1) is 0 Å². The Kier molecular flexibility index (Phi) is 6.07. The van der Waals surface area contributed by atoms with Gasteiger partial charge in [-0.25, -0.2) is 4.98 Å². The number of anilines is 1. The second-order valence-corrected chi connectivity index (χ2v) is 6.55. The van der Waals surface area contributed by atoms with E-state index in [1.54, 1.807) is 19.4 Å². The number of benzene rings is 1. The zero-order valence-corrected chi connectivity index (χ0v) is 15.4. The van der Waals surface area contributed by atoms with Gasteiger partial charge in [0.25, 0.3) is 5.91 Å². The smallest absolute Gasteiger partial charge is 0.251 e. The van der Waals surface area contributed by atoms with Crippen LogP contribution in [-0.2, 0) is 6.42 Å². The molecule has 0 unspecified atom stereocenters. The summed E-state index contributed by atoms with van der Waals surface area (Å²) < 4.78 is 5.23. The molecular weight excluding hydrogens is 328 g/mol. The van der Waals surface area contributed by atoms with E-state index in [1.165, 1.54) is 0 Å². The number of methoxy groups -OCH3 is 1. The molecule has 3 rings (SSSR count). The molecule has 0 saturated carbocycles. The molecule has 1 saturated heterocycles. The number of nitrogens with one attached hydrogen (secondary N) is 1. The first-order valence-electron chi connectivity index (χ1n) is 8.96. The molecule has 1 aromatic carbocycles. The Bertz CT molecular complexity index is 742. The van der Waals surface area contributed by atoms with Gasteiger partial charge in [0.1, 0.15) is 11.6 Å². The van der Waals surface area contributed by atoms with Crippen LogP contribution in [0, 0.1) is 0 Å². The van der Waals surface area contributed by atoms with Gasteiger partial charge in [-0.2, -0.15) is 0 Å². The molecule has 6 nitrogen and oxygen atoms in total. The lowest BCUT2D eigenvalue weighted by molar-refractivity contribution is 0.0954. The molecule has 1 fully saturated rings. The number of hydrogen-bond donors (Lipinski definition) is 1. The van der Waals surface area contributed by atoms with Crippen molar-refractivity contribution in [2.24, 2.45) is 0 Å². The second kappa shape index (κ2) is 8.67. The van der Waals surface area contributed by atoms with Crippen LogP contribution in [0.3, 0.4) is 0 Å². The van der Waals surface area contributed by atoms with E-state index >= 15 is 0 Å². The number of pyridine rings is 1. The van der Waals surface area contributed by atoms with E-state index in [4.69, 9.17) is 4.74 Å². The van der Waals surface area contributed by atoms with Gasteiger partial charge in [-0.3, -0.25) is 4.79 Å². The molecular formula is C20H26N4O2. The third-order valence-corrected chi connectivity index (χ3v) is 4.67. The summed E-state index contributed by atoms with van der Waals surface area (Å²) in [5.74, 6) is 1.64. The first-order chi connectivity index (χ1) is 12.7. The lowest BCUT2D eigenvalue weighted by Crippen LogP contribution is -2.44. The largest absolute Gasteiger partial charge is 0.497 e. The average Bonchev–Trinajstić information content (AvgIpc) is 2.69. The summed E-state index contributed by atoms with van der Waals surface area (Å²) in [7, 11) is 3.78. The lowest BCUT2D eigenvalue weighted by Gasteiger charge is -2.33. The van der Waals surface area contributed by atoms with Crippen LogP contribution >= 0.6 is 0 Å². The molecule has 1 aromatic heterocycles. The van der Waals surface area contributed by atoms with Crippen molar-refractivity contribution in [2.75, 3.05) is 51.8 Å². The highest BCUT2D eigenvalue weighted by atomic mass is 16.5. The third-order valence-electron chi connectivity index (χ3n) is 4.67. The molecule has 0 atom stereocenters. The van der Waals surface area contributed by atoms with E-state index in [1.807, 2.05) is 30.3 Å². The van der Waals surface area contributed by atoms with Gasteiger partial charge in [-0.05, 0) is 43.3 Å². The number of carbonyl (C=O) groups excluding carboxylic acids is 1. The fraction of sp³-hybridized carbons (Fsp3) is 0.400. The number of amides is 1. The molecule has 1 aliphatic heterocycles. The molecule has 0 spiro atoms. The topological polar surface area (TPSA) is 57.7 Å².